The van der Waals surface area contributed by atoms with Crippen LogP contribution in [0, 0.1) is 0 Å². The third kappa shape index (κ3) is 3.63. The van der Waals surface area contributed by atoms with Crippen molar-refractivity contribution in [3.63, 3.8) is 0 Å². The number of aromatic hydroxyl groups is 1. The Bertz CT molecular complexity index is 1070. The zero-order valence-corrected chi connectivity index (χ0v) is 16.0. The average Bonchev–Trinajstić information content (AvgIpc) is 2.73. The van der Waals surface area contributed by atoms with Crippen molar-refractivity contribution in [1.82, 2.24) is 5.43 Å². The smallest absolute Gasteiger partial charge is 0.275 e. The summed E-state index contributed by atoms with van der Waals surface area (Å²) in [4.78, 5) is 12.6. The summed E-state index contributed by atoms with van der Waals surface area (Å²) in [6.45, 7) is 2.03. The molecule has 0 aliphatic heterocycles. The van der Waals surface area contributed by atoms with Crippen molar-refractivity contribution < 1.29 is 9.90 Å². The fourth-order valence-corrected chi connectivity index (χ4v) is 3.85. The zero-order valence-electron chi connectivity index (χ0n) is 16.0. The number of phenols is 1. The molecule has 0 fully saturated rings. The average molecular weight is 372 g/mol. The molecule has 0 unspecified atom stereocenters. The minimum absolute atomic E-state index is 0.0433. The first kappa shape index (κ1) is 18.2. The van der Waals surface area contributed by atoms with Gasteiger partial charge in [-0.2, -0.15) is 5.10 Å². The van der Waals surface area contributed by atoms with Crippen molar-refractivity contribution in [2.75, 3.05) is 0 Å². The maximum atomic E-state index is 12.6. The summed E-state index contributed by atoms with van der Waals surface area (Å²) in [5, 5.41) is 16.4. The van der Waals surface area contributed by atoms with Gasteiger partial charge in [0.25, 0.3) is 5.91 Å². The molecule has 0 saturated heterocycles. The number of carbonyl (C=O) groups excluding carboxylic acids is 1. The Kier molecular flexibility index (Phi) is 5.11. The number of rotatable bonds is 4. The molecule has 2 N–H and O–H groups in total. The van der Waals surface area contributed by atoms with E-state index in [9.17, 15) is 9.90 Å². The fourth-order valence-electron chi connectivity index (χ4n) is 3.85. The Hall–Kier alpha value is -3.14. The van der Waals surface area contributed by atoms with Crippen molar-refractivity contribution in [3.05, 3.63) is 76.9 Å². The quantitative estimate of drug-likeness (QED) is 0.502. The molecular formula is C24H24N2O2. The SMILES string of the molecule is CC/C(=N\NC(=O)c1cc2ccccc2cc1O)c1ccc2c(c1)CCCC2. The number of benzene rings is 3. The van der Waals surface area contributed by atoms with Gasteiger partial charge < -0.3 is 5.11 Å². The van der Waals surface area contributed by atoms with Crippen LogP contribution in [0.15, 0.2) is 59.7 Å². The number of aryl methyl sites for hydroxylation is 2. The van der Waals surface area contributed by atoms with Gasteiger partial charge in [-0.15, -0.1) is 0 Å². The van der Waals surface area contributed by atoms with Crippen LogP contribution in [0.5, 0.6) is 5.75 Å². The Morgan fingerprint density at radius 3 is 2.46 bits per heavy atom. The van der Waals surface area contributed by atoms with Crippen LogP contribution in [0.3, 0.4) is 0 Å². The molecule has 1 aliphatic carbocycles. The first-order valence-electron chi connectivity index (χ1n) is 9.86. The first-order valence-corrected chi connectivity index (χ1v) is 9.86. The molecule has 1 amide bonds. The van der Waals surface area contributed by atoms with Gasteiger partial charge in [0.05, 0.1) is 11.3 Å². The highest BCUT2D eigenvalue weighted by atomic mass is 16.3. The molecule has 0 spiro atoms. The van der Waals surface area contributed by atoms with Crippen molar-refractivity contribution in [2.24, 2.45) is 5.10 Å². The second-order valence-corrected chi connectivity index (χ2v) is 7.26. The molecule has 4 heteroatoms. The Labute approximate surface area is 164 Å². The van der Waals surface area contributed by atoms with Crippen LogP contribution in [0.25, 0.3) is 10.8 Å². The lowest BCUT2D eigenvalue weighted by Crippen LogP contribution is -2.20. The van der Waals surface area contributed by atoms with E-state index in [1.54, 1.807) is 12.1 Å². The van der Waals surface area contributed by atoms with Crippen LogP contribution in [0.2, 0.25) is 0 Å². The lowest BCUT2D eigenvalue weighted by Gasteiger charge is -2.17. The highest BCUT2D eigenvalue weighted by Crippen LogP contribution is 2.25. The maximum absolute atomic E-state index is 12.6. The number of phenolic OH excluding ortho intramolecular Hbond substituents is 1. The molecule has 4 nitrogen and oxygen atoms in total. The largest absolute Gasteiger partial charge is 0.507 e. The van der Waals surface area contributed by atoms with E-state index in [2.05, 4.69) is 28.7 Å². The number of carbonyl (C=O) groups is 1. The summed E-state index contributed by atoms with van der Waals surface area (Å²) in [5.41, 5.74) is 7.55. The second kappa shape index (κ2) is 7.85. The van der Waals surface area contributed by atoms with E-state index in [1.807, 2.05) is 31.2 Å². The lowest BCUT2D eigenvalue weighted by atomic mass is 9.89. The van der Waals surface area contributed by atoms with Crippen LogP contribution >= 0.6 is 0 Å². The summed E-state index contributed by atoms with van der Waals surface area (Å²) in [7, 11) is 0. The van der Waals surface area contributed by atoms with Crippen LogP contribution in [-0.2, 0) is 12.8 Å². The second-order valence-electron chi connectivity index (χ2n) is 7.26. The molecule has 28 heavy (non-hydrogen) atoms. The molecular weight excluding hydrogens is 348 g/mol. The van der Waals surface area contributed by atoms with E-state index in [4.69, 9.17) is 0 Å². The van der Waals surface area contributed by atoms with Gasteiger partial charge in [-0.05, 0) is 77.8 Å². The molecule has 0 heterocycles. The zero-order chi connectivity index (χ0) is 19.5. The molecule has 3 aromatic rings. The van der Waals surface area contributed by atoms with Gasteiger partial charge in [0.1, 0.15) is 5.75 Å². The molecule has 142 valence electrons. The van der Waals surface area contributed by atoms with Crippen molar-refractivity contribution in [3.8, 4) is 5.75 Å². The summed E-state index contributed by atoms with van der Waals surface area (Å²) in [6.07, 6.45) is 5.45. The third-order valence-corrected chi connectivity index (χ3v) is 5.42. The molecule has 0 bridgehead atoms. The van der Waals surface area contributed by atoms with E-state index < -0.39 is 5.91 Å². The van der Waals surface area contributed by atoms with Gasteiger partial charge in [0.15, 0.2) is 0 Å². The monoisotopic (exact) mass is 372 g/mol. The van der Waals surface area contributed by atoms with Crippen molar-refractivity contribution >= 4 is 22.4 Å². The van der Waals surface area contributed by atoms with Crippen LogP contribution in [-0.4, -0.2) is 16.7 Å². The van der Waals surface area contributed by atoms with Crippen LogP contribution < -0.4 is 5.43 Å². The lowest BCUT2D eigenvalue weighted by molar-refractivity contribution is 0.0952. The number of nitrogens with one attached hydrogen (secondary N) is 1. The van der Waals surface area contributed by atoms with E-state index in [-0.39, 0.29) is 11.3 Å². The van der Waals surface area contributed by atoms with Crippen LogP contribution in [0.1, 0.15) is 53.2 Å². The normalized spacial score (nSPS) is 14.0. The molecule has 3 aromatic carbocycles. The summed E-state index contributed by atoms with van der Waals surface area (Å²) in [6, 6.07) is 17.4. The van der Waals surface area contributed by atoms with E-state index in [0.717, 1.165) is 34.9 Å². The molecule has 1 aliphatic rings. The van der Waals surface area contributed by atoms with Crippen molar-refractivity contribution in [1.29, 1.82) is 0 Å². The highest BCUT2D eigenvalue weighted by molar-refractivity contribution is 6.04. The number of fused-ring (bicyclic) bond motifs is 2. The highest BCUT2D eigenvalue weighted by Gasteiger charge is 2.14. The van der Waals surface area contributed by atoms with Crippen molar-refractivity contribution in [2.45, 2.75) is 39.0 Å². The summed E-state index contributed by atoms with van der Waals surface area (Å²) >= 11 is 0. The number of hydrogen-bond donors (Lipinski definition) is 2. The molecule has 0 saturated carbocycles. The van der Waals surface area contributed by atoms with E-state index >= 15 is 0 Å². The maximum Gasteiger partial charge on any atom is 0.275 e. The molecule has 0 radical (unpaired) electrons. The summed E-state index contributed by atoms with van der Waals surface area (Å²) < 4.78 is 0. The van der Waals surface area contributed by atoms with Gasteiger partial charge in [-0.3, -0.25) is 4.79 Å². The predicted octanol–water partition coefficient (Wildman–Crippen LogP) is 4.97. The van der Waals surface area contributed by atoms with Gasteiger partial charge in [-0.25, -0.2) is 5.43 Å². The number of hydrazone groups is 1. The van der Waals surface area contributed by atoms with Gasteiger partial charge >= 0.3 is 0 Å². The van der Waals surface area contributed by atoms with Gasteiger partial charge in [0.2, 0.25) is 0 Å². The van der Waals surface area contributed by atoms with E-state index in [0.29, 0.717) is 6.42 Å². The van der Waals surface area contributed by atoms with Gasteiger partial charge in [-0.1, -0.05) is 43.3 Å². The third-order valence-electron chi connectivity index (χ3n) is 5.42. The molecule has 4 rings (SSSR count). The number of hydrogen-bond acceptors (Lipinski definition) is 3. The number of nitrogens with zero attached hydrogens (tertiary/aromatic N) is 1. The van der Waals surface area contributed by atoms with Gasteiger partial charge in [0, 0.05) is 0 Å². The minimum atomic E-state index is -0.410. The summed E-state index contributed by atoms with van der Waals surface area (Å²) in [5.74, 6) is -0.453. The Morgan fingerprint density at radius 1 is 1.00 bits per heavy atom. The molecule has 0 atom stereocenters. The fraction of sp³-hybridized carbons (Fsp3) is 0.250. The Morgan fingerprint density at radius 2 is 1.71 bits per heavy atom. The molecule has 0 aromatic heterocycles. The predicted molar refractivity (Wildman–Crippen MR) is 113 cm³/mol. The minimum Gasteiger partial charge on any atom is -0.507 e. The standard InChI is InChI=1S/C24H24N2O2/c1-2-22(20-12-11-16-7-3-4-8-17(16)13-20)25-26-24(28)21-14-18-9-5-6-10-19(18)15-23(21)27/h5-6,9-15,27H,2-4,7-8H2,1H3,(H,26,28)/b25-22+. The topological polar surface area (TPSA) is 61.7 Å². The number of amides is 1. The van der Waals surface area contributed by atoms with E-state index in [1.165, 1.54) is 24.0 Å². The van der Waals surface area contributed by atoms with Crippen LogP contribution in [0.4, 0.5) is 0 Å². The Balaban J connectivity index is 1.58. The first-order chi connectivity index (χ1) is 13.7.